The Hall–Kier alpha value is -3.90. The Balaban J connectivity index is 1.12. The van der Waals surface area contributed by atoms with E-state index in [-0.39, 0.29) is 79.4 Å². The summed E-state index contributed by atoms with van der Waals surface area (Å²) in [6.45, 7) is -0.285. The normalized spacial score (nSPS) is 25.6. The lowest BCUT2D eigenvalue weighted by atomic mass is 10.0. The maximum atomic E-state index is 15.5. The summed E-state index contributed by atoms with van der Waals surface area (Å²) in [7, 11) is 0. The van der Waals surface area contributed by atoms with E-state index < -0.39 is 29.4 Å². The Bertz CT molecular complexity index is 1590. The van der Waals surface area contributed by atoms with E-state index >= 15 is 4.39 Å². The number of halogens is 2. The monoisotopic (exact) mass is 555 g/mol. The highest BCUT2D eigenvalue weighted by atomic mass is 19.1. The van der Waals surface area contributed by atoms with Crippen molar-refractivity contribution in [3.8, 4) is 11.5 Å². The number of aliphatic hydroxyl groups excluding tert-OH is 1. The highest BCUT2D eigenvalue weighted by Gasteiger charge is 2.48. The quantitative estimate of drug-likeness (QED) is 0.478. The number of amides is 1. The first kappa shape index (κ1) is 25.1. The van der Waals surface area contributed by atoms with E-state index in [1.807, 2.05) is 4.57 Å². The van der Waals surface area contributed by atoms with Crippen molar-refractivity contribution < 1.29 is 38.0 Å². The number of benzene rings is 2. The number of hydrogen-bond donors (Lipinski definition) is 2. The van der Waals surface area contributed by atoms with Crippen LogP contribution in [0.4, 0.5) is 25.0 Å². The number of anilines is 2. The fourth-order valence-corrected chi connectivity index (χ4v) is 5.99. The van der Waals surface area contributed by atoms with Crippen molar-refractivity contribution in [1.82, 2.24) is 4.57 Å². The van der Waals surface area contributed by atoms with Crippen molar-refractivity contribution in [2.45, 2.75) is 43.1 Å². The number of hydrogen-bond acceptors (Lipinski definition) is 8. The molecule has 2 N–H and O–H groups in total. The number of ether oxygens (including phenoxy) is 3. The molecule has 3 aliphatic heterocycles. The first-order valence-electron chi connectivity index (χ1n) is 13.3. The van der Waals surface area contributed by atoms with Gasteiger partial charge in [0.2, 0.25) is 0 Å². The molecular formula is C28H27F2N3O7. The van der Waals surface area contributed by atoms with Crippen LogP contribution in [-0.2, 0) is 4.74 Å². The largest absolute Gasteiger partial charge is 0.487 e. The fraction of sp³-hybridized carbons (Fsp3) is 0.429. The number of aliphatic hydroxyl groups is 2. The van der Waals surface area contributed by atoms with Crippen molar-refractivity contribution in [3.63, 3.8) is 0 Å². The Morgan fingerprint density at radius 3 is 2.65 bits per heavy atom. The van der Waals surface area contributed by atoms with Crippen LogP contribution in [-0.4, -0.2) is 71.5 Å². The van der Waals surface area contributed by atoms with Crippen molar-refractivity contribution in [2.24, 2.45) is 0 Å². The van der Waals surface area contributed by atoms with Crippen LogP contribution in [0.25, 0.3) is 10.9 Å². The van der Waals surface area contributed by atoms with Crippen LogP contribution in [0.5, 0.6) is 11.5 Å². The van der Waals surface area contributed by atoms with Crippen LogP contribution in [0.1, 0.15) is 25.3 Å². The molecule has 4 aliphatic rings. The third kappa shape index (κ3) is 4.05. The van der Waals surface area contributed by atoms with Crippen LogP contribution < -0.4 is 24.7 Å². The zero-order valence-corrected chi connectivity index (χ0v) is 21.4. The second-order valence-electron chi connectivity index (χ2n) is 11.0. The molecule has 1 saturated carbocycles. The van der Waals surface area contributed by atoms with Crippen LogP contribution in [0.15, 0.2) is 41.3 Å². The first-order valence-corrected chi connectivity index (χ1v) is 13.3. The Labute approximate surface area is 226 Å². The summed E-state index contributed by atoms with van der Waals surface area (Å²) >= 11 is 0. The van der Waals surface area contributed by atoms with Gasteiger partial charge in [0.25, 0.3) is 0 Å². The molecular weight excluding hydrogens is 528 g/mol. The van der Waals surface area contributed by atoms with Gasteiger partial charge in [-0.2, -0.15) is 0 Å². The number of aromatic nitrogens is 1. The molecule has 0 bridgehead atoms. The summed E-state index contributed by atoms with van der Waals surface area (Å²) in [6.07, 6.45) is 2.50. The predicted molar refractivity (Wildman–Crippen MR) is 139 cm³/mol. The molecule has 210 valence electrons. The number of cyclic esters (lactones) is 1. The van der Waals surface area contributed by atoms with Gasteiger partial charge in [-0.05, 0) is 31.0 Å². The maximum Gasteiger partial charge on any atom is 0.414 e. The van der Waals surface area contributed by atoms with Crippen molar-refractivity contribution in [3.05, 3.63) is 58.4 Å². The van der Waals surface area contributed by atoms with Crippen LogP contribution in [0, 0.1) is 11.6 Å². The lowest BCUT2D eigenvalue weighted by Crippen LogP contribution is -2.41. The van der Waals surface area contributed by atoms with Gasteiger partial charge >= 0.3 is 6.09 Å². The summed E-state index contributed by atoms with van der Waals surface area (Å²) in [5, 5.41) is 20.9. The standard InChI is InChI=1S/C28H27F2N3O7/c29-20-7-16(32-10-18(11-34)40-27(32)36)3-4-23(20)39-14-28(37)9-17-12-38-26-24-19(8-21(30)25(26)33(17)13-28)22(35)5-6-31(24)15-1-2-15/h3-8,15,17-18,34,37H,1-2,9-14H2/t17-,18+,28-/m0/s1. The Morgan fingerprint density at radius 1 is 1.10 bits per heavy atom. The minimum Gasteiger partial charge on any atom is -0.487 e. The molecule has 10 nitrogen and oxygen atoms in total. The topological polar surface area (TPSA) is 114 Å². The zero-order valence-electron chi connectivity index (χ0n) is 21.4. The molecule has 7 rings (SSSR count). The van der Waals surface area contributed by atoms with Gasteiger partial charge < -0.3 is 33.9 Å². The van der Waals surface area contributed by atoms with Crippen molar-refractivity contribution in [1.29, 1.82) is 0 Å². The van der Waals surface area contributed by atoms with Gasteiger partial charge in [-0.25, -0.2) is 13.6 Å². The Morgan fingerprint density at radius 2 is 1.93 bits per heavy atom. The molecule has 2 saturated heterocycles. The molecule has 1 aliphatic carbocycles. The molecule has 1 aromatic heterocycles. The number of rotatable bonds is 6. The third-order valence-corrected chi connectivity index (χ3v) is 8.06. The van der Waals surface area contributed by atoms with Crippen molar-refractivity contribution >= 4 is 28.4 Å². The van der Waals surface area contributed by atoms with Gasteiger partial charge in [0, 0.05) is 30.8 Å². The molecule has 3 atom stereocenters. The highest BCUT2D eigenvalue weighted by Crippen LogP contribution is 2.48. The van der Waals surface area contributed by atoms with Gasteiger partial charge in [-0.1, -0.05) is 0 Å². The molecule has 1 amide bonds. The highest BCUT2D eigenvalue weighted by molar-refractivity contribution is 5.92. The van der Waals surface area contributed by atoms with E-state index in [1.54, 1.807) is 11.1 Å². The van der Waals surface area contributed by atoms with Crippen LogP contribution in [0.2, 0.25) is 0 Å². The average Bonchev–Trinajstić information content (AvgIpc) is 3.61. The molecule has 40 heavy (non-hydrogen) atoms. The lowest BCUT2D eigenvalue weighted by molar-refractivity contribution is 0.00980. The summed E-state index contributed by atoms with van der Waals surface area (Å²) in [4.78, 5) is 27.5. The lowest BCUT2D eigenvalue weighted by Gasteiger charge is -2.34. The fourth-order valence-electron chi connectivity index (χ4n) is 5.99. The molecule has 0 unspecified atom stereocenters. The Kier molecular flexibility index (Phi) is 5.69. The summed E-state index contributed by atoms with van der Waals surface area (Å²) < 4.78 is 49.1. The number of nitrogens with zero attached hydrogens (tertiary/aromatic N) is 3. The molecule has 0 radical (unpaired) electrons. The predicted octanol–water partition coefficient (Wildman–Crippen LogP) is 2.71. The summed E-state index contributed by atoms with van der Waals surface area (Å²) in [5.74, 6) is -1.16. The second kappa shape index (κ2) is 9.07. The van der Waals surface area contributed by atoms with Crippen molar-refractivity contribution in [2.75, 3.05) is 42.7 Å². The minimum absolute atomic E-state index is 0.0266. The third-order valence-electron chi connectivity index (χ3n) is 8.06. The second-order valence-corrected chi connectivity index (χ2v) is 11.0. The number of carbonyl (C=O) groups is 1. The minimum atomic E-state index is -1.43. The number of carbonyl (C=O) groups excluding carboxylic acids is 1. The summed E-state index contributed by atoms with van der Waals surface area (Å²) in [6, 6.07) is 6.55. The zero-order chi connectivity index (χ0) is 27.8. The average molecular weight is 556 g/mol. The van der Waals surface area contributed by atoms with E-state index in [0.717, 1.165) is 18.9 Å². The van der Waals surface area contributed by atoms with Crippen LogP contribution in [0.3, 0.4) is 0 Å². The molecule has 3 aromatic rings. The number of pyridine rings is 1. The SMILES string of the molecule is O=C1O[C@@H](CO)CN1c1ccc(OC[C@]2(O)C[C@H]3COc4c(c(F)cc5c(=O)ccn(C6CC6)c45)N3C2)c(F)c1. The first-order chi connectivity index (χ1) is 19.2. The van der Waals surface area contributed by atoms with E-state index in [4.69, 9.17) is 14.2 Å². The van der Waals surface area contributed by atoms with E-state index in [0.29, 0.717) is 11.3 Å². The van der Waals surface area contributed by atoms with Gasteiger partial charge in [0.05, 0.1) is 42.3 Å². The van der Waals surface area contributed by atoms with Gasteiger partial charge in [0.15, 0.2) is 28.6 Å². The smallest absolute Gasteiger partial charge is 0.414 e. The molecule has 0 spiro atoms. The van der Waals surface area contributed by atoms with Gasteiger partial charge in [0.1, 0.15) is 30.6 Å². The van der Waals surface area contributed by atoms with E-state index in [2.05, 4.69) is 0 Å². The van der Waals surface area contributed by atoms with E-state index in [9.17, 15) is 24.2 Å². The molecule has 4 heterocycles. The molecule has 2 aromatic carbocycles. The van der Waals surface area contributed by atoms with E-state index in [1.165, 1.54) is 29.2 Å². The number of fused-ring (bicyclic) bond motifs is 5. The maximum absolute atomic E-state index is 15.5. The molecule has 12 heteroatoms. The van der Waals surface area contributed by atoms with Gasteiger partial charge in [-0.3, -0.25) is 9.69 Å². The summed E-state index contributed by atoms with van der Waals surface area (Å²) in [5.41, 5.74) is -0.695. The molecule has 3 fully saturated rings. The van der Waals surface area contributed by atoms with Crippen LogP contribution >= 0.6 is 0 Å². The van der Waals surface area contributed by atoms with Gasteiger partial charge in [-0.15, -0.1) is 0 Å².